The van der Waals surface area contributed by atoms with Crippen molar-refractivity contribution >= 4 is 45.3 Å². The first-order valence-corrected chi connectivity index (χ1v) is 11.8. The predicted octanol–water partition coefficient (Wildman–Crippen LogP) is 3.47. The number of amides is 3. The summed E-state index contributed by atoms with van der Waals surface area (Å²) in [6.45, 7) is 0. The first-order chi connectivity index (χ1) is 17.2. The molecule has 0 atom stereocenters. The smallest absolute Gasteiger partial charge is 0.413 e. The molecule has 186 valence electrons. The minimum atomic E-state index is -3.96. The highest BCUT2D eigenvalue weighted by molar-refractivity contribution is 7.91. The Kier molecular flexibility index (Phi) is 8.36. The van der Waals surface area contributed by atoms with Gasteiger partial charge in [-0.3, -0.25) is 15.4 Å². The Hall–Kier alpha value is -4.71. The average Bonchev–Trinajstić information content (AvgIpc) is 2.90. The Morgan fingerprint density at radius 2 is 1.31 bits per heavy atom. The summed E-state index contributed by atoms with van der Waals surface area (Å²) in [5, 5.41) is 7.05. The summed E-state index contributed by atoms with van der Waals surface area (Å²) in [4.78, 5) is 40.4. The second-order valence-corrected chi connectivity index (χ2v) is 8.96. The lowest BCUT2D eigenvalue weighted by Gasteiger charge is -2.13. The summed E-state index contributed by atoms with van der Waals surface area (Å²) >= 11 is 0. The second-order valence-electron chi connectivity index (χ2n) is 7.01. The number of guanidine groups is 1. The molecule has 0 aliphatic carbocycles. The molecule has 0 aromatic heterocycles. The van der Waals surface area contributed by atoms with Crippen molar-refractivity contribution in [3.8, 4) is 0 Å². The number of methoxy groups -OCH3 is 2. The van der Waals surface area contributed by atoms with Gasteiger partial charge in [0, 0.05) is 5.56 Å². The molecule has 0 spiro atoms. The molecule has 3 amide bonds. The minimum Gasteiger partial charge on any atom is -0.453 e. The zero-order valence-electron chi connectivity index (χ0n) is 19.2. The van der Waals surface area contributed by atoms with Crippen LogP contribution in [0.3, 0.4) is 0 Å². The third kappa shape index (κ3) is 6.45. The van der Waals surface area contributed by atoms with E-state index in [1.807, 2.05) is 0 Å². The molecule has 0 aliphatic rings. The molecule has 0 bridgehead atoms. The predicted molar refractivity (Wildman–Crippen MR) is 131 cm³/mol. The fourth-order valence-electron chi connectivity index (χ4n) is 2.90. The molecule has 36 heavy (non-hydrogen) atoms. The van der Waals surface area contributed by atoms with Crippen LogP contribution in [0.1, 0.15) is 10.4 Å². The largest absolute Gasteiger partial charge is 0.453 e. The number of aliphatic imine (C=N–C) groups is 1. The maximum absolute atomic E-state index is 13.2. The third-order valence-corrected chi connectivity index (χ3v) is 6.43. The first-order valence-electron chi connectivity index (χ1n) is 10.3. The molecule has 0 unspecified atom stereocenters. The van der Waals surface area contributed by atoms with Crippen molar-refractivity contribution in [1.29, 1.82) is 0 Å². The summed E-state index contributed by atoms with van der Waals surface area (Å²) in [5.74, 6) is -0.924. The van der Waals surface area contributed by atoms with Gasteiger partial charge >= 0.3 is 12.2 Å². The molecule has 0 saturated carbocycles. The minimum absolute atomic E-state index is 0.0431. The number of sulfone groups is 1. The van der Waals surface area contributed by atoms with Crippen LogP contribution in [0, 0.1) is 0 Å². The molecule has 3 rings (SSSR count). The molecule has 0 heterocycles. The molecule has 0 radical (unpaired) electrons. The zero-order valence-corrected chi connectivity index (χ0v) is 20.0. The number of carbonyl (C=O) groups excluding carboxylic acids is 3. The number of carbonyl (C=O) groups is 3. The quantitative estimate of drug-likeness (QED) is 0.351. The van der Waals surface area contributed by atoms with Crippen LogP contribution in [-0.4, -0.2) is 46.7 Å². The van der Waals surface area contributed by atoms with Crippen LogP contribution < -0.4 is 16.0 Å². The number of rotatable bonds is 5. The topological polar surface area (TPSA) is 152 Å². The van der Waals surface area contributed by atoms with Gasteiger partial charge in [-0.05, 0) is 42.5 Å². The number of hydrogen-bond donors (Lipinski definition) is 3. The number of nitrogens with one attached hydrogen (secondary N) is 3. The van der Waals surface area contributed by atoms with E-state index in [-0.39, 0.29) is 21.2 Å². The number of alkyl carbamates (subject to hydrolysis) is 2. The summed E-state index contributed by atoms with van der Waals surface area (Å²) in [6, 6.07) is 19.9. The Morgan fingerprint density at radius 3 is 1.86 bits per heavy atom. The van der Waals surface area contributed by atoms with E-state index in [0.29, 0.717) is 5.56 Å². The van der Waals surface area contributed by atoms with Gasteiger partial charge in [0.1, 0.15) is 0 Å². The molecule has 11 nitrogen and oxygen atoms in total. The van der Waals surface area contributed by atoms with Crippen molar-refractivity contribution in [2.75, 3.05) is 19.5 Å². The van der Waals surface area contributed by atoms with Gasteiger partial charge in [-0.2, -0.15) is 0 Å². The molecule has 0 fully saturated rings. The molecular weight excluding hydrogens is 488 g/mol. The van der Waals surface area contributed by atoms with Crippen molar-refractivity contribution < 1.29 is 32.3 Å². The van der Waals surface area contributed by atoms with Gasteiger partial charge in [0.15, 0.2) is 0 Å². The highest BCUT2D eigenvalue weighted by Crippen LogP contribution is 2.31. The van der Waals surface area contributed by atoms with Gasteiger partial charge in [-0.25, -0.2) is 23.0 Å². The summed E-state index contributed by atoms with van der Waals surface area (Å²) in [7, 11) is -1.75. The van der Waals surface area contributed by atoms with Crippen molar-refractivity contribution in [2.45, 2.75) is 9.79 Å². The number of benzene rings is 3. The standard InChI is InChI=1S/C24H22N4O7S/c1-34-23(30)27-22(28-24(31)35-2)26-20-15-18(36(32,33)17-11-7-4-8-12-17)13-14-19(20)25-21(29)16-9-5-3-6-10-16/h3-15H,1-2H3,(H,25,29)(H2,26,27,28,30,31). The monoisotopic (exact) mass is 510 g/mol. The molecule has 3 aromatic rings. The highest BCUT2D eigenvalue weighted by atomic mass is 32.2. The normalized spacial score (nSPS) is 10.5. The first kappa shape index (κ1) is 25.9. The number of anilines is 1. The van der Waals surface area contributed by atoms with E-state index >= 15 is 0 Å². The molecular formula is C24H22N4O7S. The van der Waals surface area contributed by atoms with Gasteiger partial charge in [0.25, 0.3) is 5.91 Å². The zero-order chi connectivity index (χ0) is 26.1. The Labute approximate surface area is 207 Å². The maximum atomic E-state index is 13.2. The second kappa shape index (κ2) is 11.6. The fourth-order valence-corrected chi connectivity index (χ4v) is 4.20. The Balaban J connectivity index is 2.12. The van der Waals surface area contributed by atoms with Gasteiger partial charge in [-0.15, -0.1) is 0 Å². The number of ether oxygens (including phenoxy) is 2. The lowest BCUT2D eigenvalue weighted by molar-refractivity contribution is 0.102. The van der Waals surface area contributed by atoms with Crippen LogP contribution >= 0.6 is 0 Å². The van der Waals surface area contributed by atoms with Crippen LogP contribution in [-0.2, 0) is 19.3 Å². The van der Waals surface area contributed by atoms with Crippen molar-refractivity contribution in [1.82, 2.24) is 10.6 Å². The van der Waals surface area contributed by atoms with Crippen LogP contribution in [0.5, 0.6) is 0 Å². The summed E-state index contributed by atoms with van der Waals surface area (Å²) in [6.07, 6.45) is -1.93. The lowest BCUT2D eigenvalue weighted by atomic mass is 10.2. The van der Waals surface area contributed by atoms with Crippen molar-refractivity contribution in [3.63, 3.8) is 0 Å². The Bertz CT molecular complexity index is 1370. The van der Waals surface area contributed by atoms with Crippen molar-refractivity contribution in [3.05, 3.63) is 84.4 Å². The van der Waals surface area contributed by atoms with Crippen LogP contribution in [0.15, 0.2) is 93.6 Å². The van der Waals surface area contributed by atoms with Gasteiger partial charge < -0.3 is 14.8 Å². The van der Waals surface area contributed by atoms with E-state index < -0.39 is 33.9 Å². The van der Waals surface area contributed by atoms with Crippen LogP contribution in [0.2, 0.25) is 0 Å². The van der Waals surface area contributed by atoms with E-state index in [1.54, 1.807) is 48.5 Å². The van der Waals surface area contributed by atoms with E-state index in [4.69, 9.17) is 0 Å². The van der Waals surface area contributed by atoms with Crippen LogP contribution in [0.4, 0.5) is 21.0 Å². The van der Waals surface area contributed by atoms with Gasteiger partial charge in [-0.1, -0.05) is 36.4 Å². The van der Waals surface area contributed by atoms with E-state index in [0.717, 1.165) is 14.2 Å². The van der Waals surface area contributed by atoms with Gasteiger partial charge in [0.05, 0.1) is 35.4 Å². The van der Waals surface area contributed by atoms with Crippen LogP contribution in [0.25, 0.3) is 0 Å². The molecule has 0 saturated heterocycles. The summed E-state index contributed by atoms with van der Waals surface area (Å²) in [5.41, 5.74) is 0.361. The van der Waals surface area contributed by atoms with E-state index in [9.17, 15) is 22.8 Å². The number of nitrogens with zero attached hydrogens (tertiary/aromatic N) is 1. The third-order valence-electron chi connectivity index (χ3n) is 4.66. The molecule has 0 aliphatic heterocycles. The lowest BCUT2D eigenvalue weighted by Crippen LogP contribution is -2.43. The van der Waals surface area contributed by atoms with Crippen molar-refractivity contribution in [2.24, 2.45) is 4.99 Å². The highest BCUT2D eigenvalue weighted by Gasteiger charge is 2.21. The fraction of sp³-hybridized carbons (Fsp3) is 0.0833. The molecule has 3 aromatic carbocycles. The van der Waals surface area contributed by atoms with E-state index in [2.05, 4.69) is 30.4 Å². The molecule has 3 N–H and O–H groups in total. The Morgan fingerprint density at radius 1 is 0.750 bits per heavy atom. The number of hydrogen-bond acceptors (Lipinski definition) is 8. The van der Waals surface area contributed by atoms with Gasteiger partial charge in [0.2, 0.25) is 15.8 Å². The average molecular weight is 511 g/mol. The SMILES string of the molecule is COC(=O)NC(=Nc1cc(S(=O)(=O)c2ccccc2)ccc1NC(=O)c1ccccc1)NC(=O)OC. The summed E-state index contributed by atoms with van der Waals surface area (Å²) < 4.78 is 35.4. The molecule has 12 heteroatoms. The van der Waals surface area contributed by atoms with E-state index in [1.165, 1.54) is 30.3 Å². The maximum Gasteiger partial charge on any atom is 0.413 e.